The summed E-state index contributed by atoms with van der Waals surface area (Å²) >= 11 is 0. The van der Waals surface area contributed by atoms with Crippen molar-refractivity contribution in [2.45, 2.75) is 33.9 Å². The van der Waals surface area contributed by atoms with Crippen molar-refractivity contribution < 1.29 is 14.3 Å². The zero-order chi connectivity index (χ0) is 22.0. The van der Waals surface area contributed by atoms with E-state index >= 15 is 0 Å². The number of aromatic nitrogens is 2. The van der Waals surface area contributed by atoms with E-state index < -0.39 is 0 Å². The average Bonchev–Trinajstić information content (AvgIpc) is 3.16. The lowest BCUT2D eigenvalue weighted by atomic mass is 10.1. The van der Waals surface area contributed by atoms with Crippen LogP contribution in [0.5, 0.6) is 11.5 Å². The molecule has 1 aliphatic rings. The summed E-state index contributed by atoms with van der Waals surface area (Å²) in [5.41, 5.74) is 4.15. The molecule has 160 valence electrons. The summed E-state index contributed by atoms with van der Waals surface area (Å²) in [5, 5.41) is 6.02. The van der Waals surface area contributed by atoms with Gasteiger partial charge in [0.25, 0.3) is 5.56 Å². The first-order chi connectivity index (χ1) is 14.9. The number of anilines is 2. The summed E-state index contributed by atoms with van der Waals surface area (Å²) in [6.45, 7) is 6.10. The van der Waals surface area contributed by atoms with Gasteiger partial charge in [-0.2, -0.15) is 0 Å². The van der Waals surface area contributed by atoms with E-state index in [4.69, 9.17) is 9.47 Å². The lowest BCUT2D eigenvalue weighted by Crippen LogP contribution is -2.33. The molecule has 31 heavy (non-hydrogen) atoms. The highest BCUT2D eigenvalue weighted by molar-refractivity contribution is 5.76. The van der Waals surface area contributed by atoms with Gasteiger partial charge < -0.3 is 20.1 Å². The van der Waals surface area contributed by atoms with Crippen molar-refractivity contribution in [1.29, 1.82) is 0 Å². The van der Waals surface area contributed by atoms with Gasteiger partial charge in [-0.25, -0.2) is 4.98 Å². The third-order valence-corrected chi connectivity index (χ3v) is 4.84. The molecule has 0 fully saturated rings. The molecule has 0 bridgehead atoms. The Morgan fingerprint density at radius 2 is 1.77 bits per heavy atom. The molecule has 1 aromatic heterocycles. The van der Waals surface area contributed by atoms with E-state index in [1.54, 1.807) is 6.92 Å². The monoisotopic (exact) mass is 420 g/mol. The second kappa shape index (κ2) is 8.51. The van der Waals surface area contributed by atoms with Crippen LogP contribution in [0.3, 0.4) is 0 Å². The molecule has 2 heterocycles. The number of carbonyl (C=O) groups is 1. The summed E-state index contributed by atoms with van der Waals surface area (Å²) in [5.74, 6) is 1.38. The number of amides is 1. The minimum Gasteiger partial charge on any atom is -0.454 e. The van der Waals surface area contributed by atoms with E-state index in [0.717, 1.165) is 22.4 Å². The van der Waals surface area contributed by atoms with Gasteiger partial charge in [-0.15, -0.1) is 0 Å². The van der Waals surface area contributed by atoms with Crippen LogP contribution in [0.1, 0.15) is 22.4 Å². The molecule has 3 aromatic rings. The molecular formula is C23H24N4O4. The van der Waals surface area contributed by atoms with Crippen LogP contribution in [0.15, 0.2) is 47.3 Å². The Bertz CT molecular complexity index is 1180. The van der Waals surface area contributed by atoms with E-state index in [9.17, 15) is 9.59 Å². The Balaban J connectivity index is 1.49. The number of hydrogen-bond acceptors (Lipinski definition) is 6. The van der Waals surface area contributed by atoms with Crippen LogP contribution < -0.4 is 25.7 Å². The predicted molar refractivity (Wildman–Crippen MR) is 117 cm³/mol. The van der Waals surface area contributed by atoms with Gasteiger partial charge >= 0.3 is 0 Å². The van der Waals surface area contributed by atoms with Gasteiger partial charge in [0.1, 0.15) is 6.54 Å². The van der Waals surface area contributed by atoms with Crippen LogP contribution in [-0.4, -0.2) is 22.3 Å². The van der Waals surface area contributed by atoms with Gasteiger partial charge in [0.2, 0.25) is 18.6 Å². The minimum absolute atomic E-state index is 0.149. The standard InChI is InChI=1S/C23H24N4O4/c1-14-6-15(2)8-18(7-14)26-23-25-16(3)9-22(29)27(23)12-21(28)24-11-17-4-5-19-20(10-17)31-13-30-19/h4-10H,11-13H2,1-3H3,(H,24,28)(H,25,26). The molecular weight excluding hydrogens is 396 g/mol. The van der Waals surface area contributed by atoms with Gasteiger partial charge in [-0.3, -0.25) is 14.2 Å². The topological polar surface area (TPSA) is 94.5 Å². The molecule has 0 unspecified atom stereocenters. The van der Waals surface area contributed by atoms with E-state index in [1.165, 1.54) is 10.6 Å². The van der Waals surface area contributed by atoms with E-state index in [2.05, 4.69) is 21.7 Å². The molecule has 2 N–H and O–H groups in total. The first kappa shape index (κ1) is 20.5. The maximum atomic E-state index is 12.6. The normalized spacial score (nSPS) is 12.0. The molecule has 1 aliphatic heterocycles. The molecule has 0 aliphatic carbocycles. The number of benzene rings is 2. The molecule has 1 amide bonds. The first-order valence-corrected chi connectivity index (χ1v) is 9.96. The Morgan fingerprint density at radius 1 is 1.03 bits per heavy atom. The fraction of sp³-hybridized carbons (Fsp3) is 0.261. The number of ether oxygens (including phenoxy) is 2. The van der Waals surface area contributed by atoms with Crippen molar-refractivity contribution in [2.24, 2.45) is 0 Å². The van der Waals surface area contributed by atoms with Gasteiger partial charge in [0, 0.05) is 24.0 Å². The molecule has 8 heteroatoms. The Kier molecular flexibility index (Phi) is 5.62. The molecule has 0 radical (unpaired) electrons. The number of hydrogen-bond donors (Lipinski definition) is 2. The van der Waals surface area contributed by atoms with E-state index in [0.29, 0.717) is 29.7 Å². The lowest BCUT2D eigenvalue weighted by Gasteiger charge is -2.15. The van der Waals surface area contributed by atoms with Crippen molar-refractivity contribution in [2.75, 3.05) is 12.1 Å². The largest absolute Gasteiger partial charge is 0.454 e. The maximum absolute atomic E-state index is 12.6. The van der Waals surface area contributed by atoms with E-state index in [-0.39, 0.29) is 24.8 Å². The maximum Gasteiger partial charge on any atom is 0.255 e. The third-order valence-electron chi connectivity index (χ3n) is 4.84. The highest BCUT2D eigenvalue weighted by Gasteiger charge is 2.15. The molecule has 4 rings (SSSR count). The number of fused-ring (bicyclic) bond motifs is 1. The Labute approximate surface area is 179 Å². The van der Waals surface area contributed by atoms with Gasteiger partial charge in [-0.05, 0) is 61.7 Å². The van der Waals surface area contributed by atoms with Crippen LogP contribution in [0, 0.1) is 20.8 Å². The van der Waals surface area contributed by atoms with Gasteiger partial charge in [-0.1, -0.05) is 12.1 Å². The molecule has 0 spiro atoms. The van der Waals surface area contributed by atoms with Crippen molar-refractivity contribution >= 4 is 17.5 Å². The van der Waals surface area contributed by atoms with Crippen molar-refractivity contribution in [3.8, 4) is 11.5 Å². The van der Waals surface area contributed by atoms with Crippen molar-refractivity contribution in [3.05, 3.63) is 75.2 Å². The molecule has 8 nitrogen and oxygen atoms in total. The number of rotatable bonds is 6. The van der Waals surface area contributed by atoms with Crippen molar-refractivity contribution in [3.63, 3.8) is 0 Å². The number of aryl methyl sites for hydroxylation is 3. The molecule has 0 atom stereocenters. The van der Waals surface area contributed by atoms with Crippen LogP contribution in [0.4, 0.5) is 11.6 Å². The Hall–Kier alpha value is -3.81. The summed E-state index contributed by atoms with van der Waals surface area (Å²) in [4.78, 5) is 29.6. The number of nitrogens with one attached hydrogen (secondary N) is 2. The SMILES string of the molecule is Cc1cc(C)cc(Nc2nc(C)cc(=O)n2CC(=O)NCc2ccc3c(c2)OCO3)c1. The lowest BCUT2D eigenvalue weighted by molar-refractivity contribution is -0.121. The summed E-state index contributed by atoms with van der Waals surface area (Å²) in [6.07, 6.45) is 0. The number of carbonyl (C=O) groups excluding carboxylic acids is 1. The second-order valence-corrected chi connectivity index (χ2v) is 7.61. The van der Waals surface area contributed by atoms with E-state index in [1.807, 2.05) is 44.2 Å². The predicted octanol–water partition coefficient (Wildman–Crippen LogP) is 2.96. The van der Waals surface area contributed by atoms with Crippen LogP contribution in [0.2, 0.25) is 0 Å². The first-order valence-electron chi connectivity index (χ1n) is 9.96. The minimum atomic E-state index is -0.297. The fourth-order valence-corrected chi connectivity index (χ4v) is 3.50. The Morgan fingerprint density at radius 3 is 2.55 bits per heavy atom. The van der Waals surface area contributed by atoms with Gasteiger partial charge in [0.05, 0.1) is 0 Å². The summed E-state index contributed by atoms with van der Waals surface area (Å²) in [6, 6.07) is 12.9. The average molecular weight is 420 g/mol. The third kappa shape index (κ3) is 4.85. The van der Waals surface area contributed by atoms with Crippen LogP contribution in [0.25, 0.3) is 0 Å². The van der Waals surface area contributed by atoms with Gasteiger partial charge in [0.15, 0.2) is 11.5 Å². The zero-order valence-corrected chi connectivity index (χ0v) is 17.7. The quantitative estimate of drug-likeness (QED) is 0.637. The zero-order valence-electron chi connectivity index (χ0n) is 17.7. The van der Waals surface area contributed by atoms with Crippen LogP contribution in [-0.2, 0) is 17.9 Å². The summed E-state index contributed by atoms with van der Waals surface area (Å²) in [7, 11) is 0. The molecule has 2 aromatic carbocycles. The second-order valence-electron chi connectivity index (χ2n) is 7.61. The number of nitrogens with zero attached hydrogens (tertiary/aromatic N) is 2. The smallest absolute Gasteiger partial charge is 0.255 e. The molecule has 0 saturated heterocycles. The highest BCUT2D eigenvalue weighted by Crippen LogP contribution is 2.32. The van der Waals surface area contributed by atoms with Crippen LogP contribution >= 0.6 is 0 Å². The highest BCUT2D eigenvalue weighted by atomic mass is 16.7. The molecule has 0 saturated carbocycles. The van der Waals surface area contributed by atoms with Crippen molar-refractivity contribution in [1.82, 2.24) is 14.9 Å². The summed E-state index contributed by atoms with van der Waals surface area (Å²) < 4.78 is 12.0. The fourth-order valence-electron chi connectivity index (χ4n) is 3.50.